The van der Waals surface area contributed by atoms with Crippen molar-refractivity contribution in [2.24, 2.45) is 11.8 Å². The van der Waals surface area contributed by atoms with Crippen LogP contribution in [0, 0.1) is 11.8 Å². The molecule has 0 aliphatic carbocycles. The molecule has 7 heteroatoms. The molecule has 0 unspecified atom stereocenters. The highest BCUT2D eigenvalue weighted by Gasteiger charge is 2.29. The summed E-state index contributed by atoms with van der Waals surface area (Å²) in [5, 5.41) is 13.6. The lowest BCUT2D eigenvalue weighted by Crippen LogP contribution is -2.27. The van der Waals surface area contributed by atoms with Gasteiger partial charge in [-0.25, -0.2) is 4.98 Å². The maximum atomic E-state index is 12.2. The number of carbonyl (C=O) groups is 1. The summed E-state index contributed by atoms with van der Waals surface area (Å²) in [6.45, 7) is 3.76. The number of carbonyl (C=O) groups excluding carboxylic acids is 1. The quantitative estimate of drug-likeness (QED) is 0.801. The number of nitrogens with one attached hydrogen (secondary N) is 3. The van der Waals surface area contributed by atoms with E-state index in [0.717, 1.165) is 28.8 Å². The highest BCUT2D eigenvalue weighted by molar-refractivity contribution is 7.99. The van der Waals surface area contributed by atoms with E-state index in [4.69, 9.17) is 0 Å². The van der Waals surface area contributed by atoms with Crippen LogP contribution in [0.2, 0.25) is 0 Å². The first-order valence-electron chi connectivity index (χ1n) is 6.87. The van der Waals surface area contributed by atoms with Gasteiger partial charge in [-0.15, -0.1) is 0 Å². The van der Waals surface area contributed by atoms with Crippen molar-refractivity contribution in [1.82, 2.24) is 20.5 Å². The number of nitrogens with zero attached hydrogens (tertiary/aromatic N) is 2. The van der Waals surface area contributed by atoms with Crippen molar-refractivity contribution in [2.45, 2.75) is 17.0 Å². The van der Waals surface area contributed by atoms with Crippen LogP contribution in [0.1, 0.15) is 6.92 Å². The molecule has 110 valence electrons. The Morgan fingerprint density at radius 1 is 1.33 bits per heavy atom. The molecule has 2 atom stereocenters. The molecule has 0 bridgehead atoms. The molecule has 3 N–H and O–H groups in total. The van der Waals surface area contributed by atoms with E-state index in [2.05, 4.69) is 32.7 Å². The molecular formula is C14H17N5OS. The fourth-order valence-electron chi connectivity index (χ4n) is 2.36. The minimum atomic E-state index is 0.0493. The zero-order chi connectivity index (χ0) is 14.7. The summed E-state index contributed by atoms with van der Waals surface area (Å²) < 4.78 is 0. The van der Waals surface area contributed by atoms with Crippen molar-refractivity contribution in [3.05, 3.63) is 30.6 Å². The standard InChI is InChI=1S/C14H17N5OS/c1-9-6-15-7-12(9)13(20)18-10-2-4-11(5-3-10)21-14-16-8-17-19-14/h2-5,8-9,12,15H,6-7H2,1H3,(H,18,20)(H,16,17,19)/t9-,12-/m1/s1. The van der Waals surface area contributed by atoms with E-state index in [1.54, 1.807) is 0 Å². The van der Waals surface area contributed by atoms with Gasteiger partial charge < -0.3 is 10.6 Å². The Bertz CT molecular complexity index is 598. The van der Waals surface area contributed by atoms with E-state index >= 15 is 0 Å². The Morgan fingerprint density at radius 2 is 2.14 bits per heavy atom. The summed E-state index contributed by atoms with van der Waals surface area (Å²) in [5.74, 6) is 0.516. The smallest absolute Gasteiger partial charge is 0.229 e. The fourth-order valence-corrected chi connectivity index (χ4v) is 3.05. The molecule has 6 nitrogen and oxygen atoms in total. The van der Waals surface area contributed by atoms with Gasteiger partial charge in [-0.3, -0.25) is 9.89 Å². The third-order valence-corrected chi connectivity index (χ3v) is 4.48. The lowest BCUT2D eigenvalue weighted by Gasteiger charge is -2.14. The second-order valence-corrected chi connectivity index (χ2v) is 6.21. The lowest BCUT2D eigenvalue weighted by molar-refractivity contribution is -0.120. The Hall–Kier alpha value is -1.86. The van der Waals surface area contributed by atoms with E-state index in [0.29, 0.717) is 5.92 Å². The number of benzene rings is 1. The van der Waals surface area contributed by atoms with Gasteiger partial charge in [0.1, 0.15) is 6.33 Å². The number of hydrogen-bond donors (Lipinski definition) is 3. The van der Waals surface area contributed by atoms with E-state index in [1.165, 1.54) is 18.1 Å². The van der Waals surface area contributed by atoms with E-state index in [9.17, 15) is 4.79 Å². The van der Waals surface area contributed by atoms with Gasteiger partial charge in [-0.05, 0) is 36.7 Å². The van der Waals surface area contributed by atoms with Crippen LogP contribution in [0.25, 0.3) is 0 Å². The third kappa shape index (κ3) is 3.43. The van der Waals surface area contributed by atoms with Crippen LogP contribution in [0.3, 0.4) is 0 Å². The number of anilines is 1. The topological polar surface area (TPSA) is 82.7 Å². The molecule has 1 aliphatic rings. The van der Waals surface area contributed by atoms with Gasteiger partial charge in [-0.2, -0.15) is 5.10 Å². The predicted octanol–water partition coefficient (Wildman–Crippen LogP) is 1.75. The number of hydrogen-bond acceptors (Lipinski definition) is 5. The molecule has 1 aromatic carbocycles. The number of aromatic nitrogens is 3. The normalized spacial score (nSPS) is 21.4. The van der Waals surface area contributed by atoms with E-state index in [-0.39, 0.29) is 11.8 Å². The Morgan fingerprint density at radius 3 is 2.76 bits per heavy atom. The van der Waals surface area contributed by atoms with Crippen LogP contribution in [0.5, 0.6) is 0 Å². The fraction of sp³-hybridized carbons (Fsp3) is 0.357. The van der Waals surface area contributed by atoms with Gasteiger partial charge in [0.2, 0.25) is 5.91 Å². The molecule has 3 rings (SSSR count). The van der Waals surface area contributed by atoms with Crippen molar-refractivity contribution in [3.8, 4) is 0 Å². The minimum absolute atomic E-state index is 0.0493. The van der Waals surface area contributed by atoms with Gasteiger partial charge in [0.25, 0.3) is 0 Å². The van der Waals surface area contributed by atoms with Crippen molar-refractivity contribution in [3.63, 3.8) is 0 Å². The summed E-state index contributed by atoms with van der Waals surface area (Å²) in [5.41, 5.74) is 0.820. The maximum absolute atomic E-state index is 12.2. The van der Waals surface area contributed by atoms with Crippen LogP contribution in [-0.2, 0) is 4.79 Å². The van der Waals surface area contributed by atoms with Gasteiger partial charge in [0.05, 0.1) is 5.92 Å². The van der Waals surface area contributed by atoms with Gasteiger partial charge in [0, 0.05) is 17.1 Å². The van der Waals surface area contributed by atoms with Crippen molar-refractivity contribution in [1.29, 1.82) is 0 Å². The summed E-state index contributed by atoms with van der Waals surface area (Å²) >= 11 is 1.50. The lowest BCUT2D eigenvalue weighted by atomic mass is 9.97. The van der Waals surface area contributed by atoms with Crippen LogP contribution < -0.4 is 10.6 Å². The van der Waals surface area contributed by atoms with Crippen LogP contribution in [0.15, 0.2) is 40.6 Å². The molecule has 1 fully saturated rings. The van der Waals surface area contributed by atoms with Crippen LogP contribution in [-0.4, -0.2) is 34.2 Å². The zero-order valence-electron chi connectivity index (χ0n) is 11.7. The molecule has 2 aromatic rings. The second-order valence-electron chi connectivity index (χ2n) is 5.15. The summed E-state index contributed by atoms with van der Waals surface area (Å²) in [6.07, 6.45) is 1.48. The Kier molecular flexibility index (Phi) is 4.21. The second kappa shape index (κ2) is 6.28. The minimum Gasteiger partial charge on any atom is -0.326 e. The molecule has 21 heavy (non-hydrogen) atoms. The van der Waals surface area contributed by atoms with Crippen molar-refractivity contribution in [2.75, 3.05) is 18.4 Å². The number of H-pyrrole nitrogens is 1. The summed E-state index contributed by atoms with van der Waals surface area (Å²) in [4.78, 5) is 17.3. The third-order valence-electron chi connectivity index (χ3n) is 3.58. The van der Waals surface area contributed by atoms with E-state index in [1.807, 2.05) is 24.3 Å². The molecular weight excluding hydrogens is 286 g/mol. The Balaban J connectivity index is 1.60. The SMILES string of the molecule is C[C@@H]1CNC[C@H]1C(=O)Nc1ccc(Sc2ncn[nH]2)cc1. The van der Waals surface area contributed by atoms with Gasteiger partial charge in [-0.1, -0.05) is 18.7 Å². The maximum Gasteiger partial charge on any atom is 0.229 e. The zero-order valence-corrected chi connectivity index (χ0v) is 12.5. The molecule has 1 aliphatic heterocycles. The first-order chi connectivity index (χ1) is 10.2. The largest absolute Gasteiger partial charge is 0.326 e. The molecule has 0 spiro atoms. The summed E-state index contributed by atoms with van der Waals surface area (Å²) in [6, 6.07) is 7.73. The molecule has 1 saturated heterocycles. The van der Waals surface area contributed by atoms with E-state index < -0.39 is 0 Å². The van der Waals surface area contributed by atoms with Crippen LogP contribution in [0.4, 0.5) is 5.69 Å². The number of rotatable bonds is 4. The molecule has 0 radical (unpaired) electrons. The average Bonchev–Trinajstić information content (AvgIpc) is 3.12. The monoisotopic (exact) mass is 303 g/mol. The molecule has 2 heterocycles. The molecule has 0 saturated carbocycles. The molecule has 1 aromatic heterocycles. The first kappa shape index (κ1) is 14.1. The first-order valence-corrected chi connectivity index (χ1v) is 7.69. The highest BCUT2D eigenvalue weighted by atomic mass is 32.2. The van der Waals surface area contributed by atoms with Crippen molar-refractivity contribution >= 4 is 23.4 Å². The van der Waals surface area contributed by atoms with Gasteiger partial charge in [0.15, 0.2) is 5.16 Å². The average molecular weight is 303 g/mol. The summed E-state index contributed by atoms with van der Waals surface area (Å²) in [7, 11) is 0. The Labute approximate surface area is 127 Å². The predicted molar refractivity (Wildman–Crippen MR) is 81.1 cm³/mol. The highest BCUT2D eigenvalue weighted by Crippen LogP contribution is 2.25. The number of aromatic amines is 1. The molecule has 1 amide bonds. The number of amides is 1. The van der Waals surface area contributed by atoms with Crippen LogP contribution >= 0.6 is 11.8 Å². The van der Waals surface area contributed by atoms with Crippen molar-refractivity contribution < 1.29 is 4.79 Å². The van der Waals surface area contributed by atoms with Gasteiger partial charge >= 0.3 is 0 Å².